The van der Waals surface area contributed by atoms with Crippen molar-refractivity contribution in [1.82, 2.24) is 0 Å². The van der Waals surface area contributed by atoms with Gasteiger partial charge in [0.25, 0.3) is 0 Å². The van der Waals surface area contributed by atoms with Gasteiger partial charge in [-0.15, -0.1) is 11.6 Å². The zero-order chi connectivity index (χ0) is 21.4. The lowest BCUT2D eigenvalue weighted by molar-refractivity contribution is -0.144. The third-order valence-electron chi connectivity index (χ3n) is 5.06. The van der Waals surface area contributed by atoms with Gasteiger partial charge in [-0.05, 0) is 32.1 Å². The van der Waals surface area contributed by atoms with E-state index < -0.39 is 0 Å². The van der Waals surface area contributed by atoms with E-state index in [2.05, 4.69) is 6.92 Å². The Morgan fingerprint density at radius 3 is 1.38 bits per heavy atom. The zero-order valence-electron chi connectivity index (χ0n) is 18.9. The van der Waals surface area contributed by atoms with Crippen LogP contribution in [0.15, 0.2) is 0 Å². The molecule has 0 N–H and O–H groups in total. The topological polar surface area (TPSA) is 52.6 Å². The highest BCUT2D eigenvalue weighted by atomic mass is 35.5. The summed E-state index contributed by atoms with van der Waals surface area (Å²) in [4.78, 5) is 23.2. The number of hydrogen-bond acceptors (Lipinski definition) is 4. The van der Waals surface area contributed by atoms with Crippen LogP contribution in [0.25, 0.3) is 0 Å². The van der Waals surface area contributed by atoms with Gasteiger partial charge in [-0.1, -0.05) is 77.6 Å². The van der Waals surface area contributed by atoms with Gasteiger partial charge in [-0.2, -0.15) is 0 Å². The minimum Gasteiger partial charge on any atom is -0.466 e. The first-order valence-electron chi connectivity index (χ1n) is 12.1. The second-order valence-electron chi connectivity index (χ2n) is 7.93. The van der Waals surface area contributed by atoms with Gasteiger partial charge in [0.15, 0.2) is 0 Å². The molecule has 0 amide bonds. The van der Waals surface area contributed by atoms with E-state index in [1.54, 1.807) is 0 Å². The maximum atomic E-state index is 11.7. The number of carbonyl (C=O) groups excluding carboxylic acids is 2. The summed E-state index contributed by atoms with van der Waals surface area (Å²) in [6.45, 7) is 3.21. The Kier molecular flexibility index (Phi) is 22.9. The number of unbranched alkanes of at least 4 members (excludes halogenated alkanes) is 13. The Morgan fingerprint density at radius 1 is 0.552 bits per heavy atom. The summed E-state index contributed by atoms with van der Waals surface area (Å²) in [5, 5.41) is 0. The van der Waals surface area contributed by atoms with Crippen molar-refractivity contribution >= 4 is 23.5 Å². The summed E-state index contributed by atoms with van der Waals surface area (Å²) in [5.74, 6) is 0.659. The molecule has 0 aliphatic heterocycles. The summed E-state index contributed by atoms with van der Waals surface area (Å²) in [6.07, 6.45) is 18.8. The predicted molar refractivity (Wildman–Crippen MR) is 121 cm³/mol. The molecule has 0 rings (SSSR count). The first kappa shape index (κ1) is 28.2. The van der Waals surface area contributed by atoms with E-state index in [0.717, 1.165) is 76.5 Å². The van der Waals surface area contributed by atoms with Crippen LogP contribution < -0.4 is 0 Å². The molecular weight excluding hydrogens is 388 g/mol. The molecule has 0 heterocycles. The highest BCUT2D eigenvalue weighted by Gasteiger charge is 2.04. The molecule has 0 fully saturated rings. The lowest BCUT2D eigenvalue weighted by Crippen LogP contribution is -2.05. The van der Waals surface area contributed by atoms with Gasteiger partial charge in [-0.3, -0.25) is 9.59 Å². The molecule has 0 aromatic heterocycles. The van der Waals surface area contributed by atoms with Crippen LogP contribution in [-0.4, -0.2) is 31.0 Å². The quantitative estimate of drug-likeness (QED) is 0.102. The van der Waals surface area contributed by atoms with Crippen molar-refractivity contribution in [2.45, 2.75) is 122 Å². The van der Waals surface area contributed by atoms with Crippen molar-refractivity contribution in [3.05, 3.63) is 0 Å². The van der Waals surface area contributed by atoms with E-state index in [1.807, 2.05) is 0 Å². The van der Waals surface area contributed by atoms with Gasteiger partial charge in [0.2, 0.25) is 0 Å². The van der Waals surface area contributed by atoms with E-state index in [9.17, 15) is 9.59 Å². The number of carbonyl (C=O) groups is 2. The standard InChI is InChI=1S/C24H45ClO4/c1-2-3-21-28-23(26)18-14-10-6-7-11-15-19-24(27)29-22-17-13-9-5-4-8-12-16-20-25/h2-22H2,1H3. The molecule has 0 aliphatic rings. The summed E-state index contributed by atoms with van der Waals surface area (Å²) < 4.78 is 10.4. The van der Waals surface area contributed by atoms with Gasteiger partial charge in [-0.25, -0.2) is 0 Å². The number of ether oxygens (including phenoxy) is 2. The van der Waals surface area contributed by atoms with Crippen LogP contribution in [0.4, 0.5) is 0 Å². The average molecular weight is 433 g/mol. The van der Waals surface area contributed by atoms with Crippen molar-refractivity contribution in [1.29, 1.82) is 0 Å². The lowest BCUT2D eigenvalue weighted by Gasteiger charge is -2.06. The van der Waals surface area contributed by atoms with Crippen LogP contribution in [0.3, 0.4) is 0 Å². The molecule has 29 heavy (non-hydrogen) atoms. The molecule has 5 heteroatoms. The van der Waals surface area contributed by atoms with E-state index >= 15 is 0 Å². The van der Waals surface area contributed by atoms with Gasteiger partial charge in [0.05, 0.1) is 13.2 Å². The number of esters is 2. The predicted octanol–water partition coefficient (Wildman–Crippen LogP) is 7.35. The first-order valence-corrected chi connectivity index (χ1v) is 12.6. The summed E-state index contributed by atoms with van der Waals surface area (Å²) >= 11 is 5.66. The second-order valence-corrected chi connectivity index (χ2v) is 8.31. The molecule has 0 aromatic carbocycles. The van der Waals surface area contributed by atoms with Crippen LogP contribution in [0, 0.1) is 0 Å². The summed E-state index contributed by atoms with van der Waals surface area (Å²) in [6, 6.07) is 0. The zero-order valence-corrected chi connectivity index (χ0v) is 19.6. The summed E-state index contributed by atoms with van der Waals surface area (Å²) in [7, 11) is 0. The molecule has 0 saturated heterocycles. The Labute approximate surface area is 184 Å². The highest BCUT2D eigenvalue weighted by molar-refractivity contribution is 6.17. The van der Waals surface area contributed by atoms with Crippen molar-refractivity contribution < 1.29 is 19.1 Å². The molecule has 0 spiro atoms. The fraction of sp³-hybridized carbons (Fsp3) is 0.917. The van der Waals surface area contributed by atoms with Crippen molar-refractivity contribution in [2.24, 2.45) is 0 Å². The fourth-order valence-corrected chi connectivity index (χ4v) is 3.35. The Balaban J connectivity index is 3.23. The highest BCUT2D eigenvalue weighted by Crippen LogP contribution is 2.11. The average Bonchev–Trinajstić information content (AvgIpc) is 2.71. The van der Waals surface area contributed by atoms with E-state index in [4.69, 9.17) is 21.1 Å². The van der Waals surface area contributed by atoms with Crippen LogP contribution in [0.5, 0.6) is 0 Å². The number of halogens is 1. The van der Waals surface area contributed by atoms with E-state index in [-0.39, 0.29) is 11.9 Å². The maximum Gasteiger partial charge on any atom is 0.305 e. The Morgan fingerprint density at radius 2 is 0.931 bits per heavy atom. The lowest BCUT2D eigenvalue weighted by atomic mass is 10.1. The smallest absolute Gasteiger partial charge is 0.305 e. The molecular formula is C24H45ClO4. The normalized spacial score (nSPS) is 10.8. The van der Waals surface area contributed by atoms with Crippen LogP contribution >= 0.6 is 11.6 Å². The molecule has 0 bridgehead atoms. The number of hydrogen-bond donors (Lipinski definition) is 0. The minimum atomic E-state index is -0.0662. The van der Waals surface area contributed by atoms with Gasteiger partial charge in [0.1, 0.15) is 0 Å². The molecule has 0 aliphatic carbocycles. The van der Waals surface area contributed by atoms with Crippen LogP contribution in [0.2, 0.25) is 0 Å². The third kappa shape index (κ3) is 23.4. The van der Waals surface area contributed by atoms with Gasteiger partial charge < -0.3 is 9.47 Å². The molecule has 0 radical (unpaired) electrons. The molecule has 0 aromatic rings. The van der Waals surface area contributed by atoms with Crippen molar-refractivity contribution in [3.63, 3.8) is 0 Å². The Bertz CT molecular complexity index is 374. The summed E-state index contributed by atoms with van der Waals surface area (Å²) in [5.41, 5.74) is 0. The monoisotopic (exact) mass is 432 g/mol. The molecule has 4 nitrogen and oxygen atoms in total. The number of alkyl halides is 1. The number of rotatable bonds is 22. The molecule has 0 unspecified atom stereocenters. The van der Waals surface area contributed by atoms with Gasteiger partial charge in [0, 0.05) is 18.7 Å². The molecule has 0 saturated carbocycles. The van der Waals surface area contributed by atoms with Crippen LogP contribution in [-0.2, 0) is 19.1 Å². The molecule has 0 atom stereocenters. The second kappa shape index (κ2) is 23.5. The third-order valence-corrected chi connectivity index (χ3v) is 5.33. The first-order chi connectivity index (χ1) is 14.2. The van der Waals surface area contributed by atoms with E-state index in [0.29, 0.717) is 26.1 Å². The van der Waals surface area contributed by atoms with Gasteiger partial charge >= 0.3 is 11.9 Å². The Hall–Kier alpha value is -0.770. The van der Waals surface area contributed by atoms with Crippen molar-refractivity contribution in [2.75, 3.05) is 19.1 Å². The van der Waals surface area contributed by atoms with Crippen LogP contribution in [0.1, 0.15) is 122 Å². The SMILES string of the molecule is CCCCOC(=O)CCCCCCCCC(=O)OCCCCCCCCCCCl. The largest absolute Gasteiger partial charge is 0.466 e. The van der Waals surface area contributed by atoms with Crippen molar-refractivity contribution in [3.8, 4) is 0 Å². The maximum absolute atomic E-state index is 11.7. The fourth-order valence-electron chi connectivity index (χ4n) is 3.16. The van der Waals surface area contributed by atoms with E-state index in [1.165, 1.54) is 32.1 Å². The minimum absolute atomic E-state index is 0.0547. The molecule has 172 valence electrons.